The van der Waals surface area contributed by atoms with Crippen molar-refractivity contribution in [3.8, 4) is 0 Å². The first kappa shape index (κ1) is 20.8. The first-order valence-electron chi connectivity index (χ1n) is 10.6. The third kappa shape index (κ3) is 4.10. The molecule has 0 saturated heterocycles. The molecule has 0 aliphatic heterocycles. The number of primary amides is 1. The SMILES string of the molecule is CCn1ncc2c(N[C@H]3C[C@@H](C(N)=O)C3)c(C(=O)N[C@H](C)c3ccc(C)cc3)cnc21. The minimum absolute atomic E-state index is 0.0779. The summed E-state index contributed by atoms with van der Waals surface area (Å²) in [5.41, 5.74) is 9.50. The molecule has 2 heterocycles. The molecule has 1 atom stereocenters. The molecule has 0 spiro atoms. The molecule has 1 aliphatic carbocycles. The van der Waals surface area contributed by atoms with Gasteiger partial charge in [-0.3, -0.25) is 9.59 Å². The molecule has 8 nitrogen and oxygen atoms in total. The lowest BCUT2D eigenvalue weighted by atomic mass is 9.79. The van der Waals surface area contributed by atoms with Gasteiger partial charge >= 0.3 is 0 Å². The summed E-state index contributed by atoms with van der Waals surface area (Å²) >= 11 is 0. The number of aromatic nitrogens is 3. The van der Waals surface area contributed by atoms with Crippen molar-refractivity contribution in [3.05, 3.63) is 53.3 Å². The van der Waals surface area contributed by atoms with Crippen molar-refractivity contribution < 1.29 is 9.59 Å². The molecule has 31 heavy (non-hydrogen) atoms. The van der Waals surface area contributed by atoms with Crippen molar-refractivity contribution >= 4 is 28.5 Å². The second kappa shape index (κ2) is 8.37. The molecule has 1 aromatic carbocycles. The van der Waals surface area contributed by atoms with Gasteiger partial charge in [0.25, 0.3) is 5.91 Å². The Labute approximate surface area is 181 Å². The lowest BCUT2D eigenvalue weighted by Crippen LogP contribution is -2.42. The Morgan fingerprint density at radius 1 is 1.23 bits per heavy atom. The number of aryl methyl sites for hydroxylation is 2. The molecule has 0 radical (unpaired) electrons. The van der Waals surface area contributed by atoms with Crippen molar-refractivity contribution in [1.82, 2.24) is 20.1 Å². The van der Waals surface area contributed by atoms with Crippen LogP contribution in [0.3, 0.4) is 0 Å². The average molecular weight is 421 g/mol. The highest BCUT2D eigenvalue weighted by molar-refractivity contribution is 6.06. The van der Waals surface area contributed by atoms with Gasteiger partial charge in [-0.2, -0.15) is 5.10 Å². The maximum absolute atomic E-state index is 13.2. The standard InChI is InChI=1S/C23H28N6O2/c1-4-29-22-18(12-26-29)20(28-17-9-16(10-17)21(24)30)19(11-25-22)23(31)27-14(3)15-7-5-13(2)6-8-15/h5-8,11-12,14,16-17H,4,9-10H2,1-3H3,(H2,24,30)(H,25,28)(H,27,31)/t14-,16-,17+/m1/s1. The first-order chi connectivity index (χ1) is 14.9. The number of hydrogen-bond acceptors (Lipinski definition) is 5. The zero-order valence-electron chi connectivity index (χ0n) is 18.1. The maximum atomic E-state index is 13.2. The van der Waals surface area contributed by atoms with Crippen LogP contribution in [0.15, 0.2) is 36.7 Å². The smallest absolute Gasteiger partial charge is 0.255 e. The zero-order chi connectivity index (χ0) is 22.1. The van der Waals surface area contributed by atoms with Crippen molar-refractivity contribution in [2.75, 3.05) is 5.32 Å². The van der Waals surface area contributed by atoms with E-state index in [1.807, 2.05) is 45.0 Å². The number of nitrogens with two attached hydrogens (primary N) is 1. The van der Waals surface area contributed by atoms with E-state index in [2.05, 4.69) is 20.7 Å². The Morgan fingerprint density at radius 2 is 1.94 bits per heavy atom. The quantitative estimate of drug-likeness (QED) is 0.544. The second-order valence-corrected chi connectivity index (χ2v) is 8.26. The number of carbonyl (C=O) groups is 2. The van der Waals surface area contributed by atoms with Crippen molar-refractivity contribution in [1.29, 1.82) is 0 Å². The largest absolute Gasteiger partial charge is 0.381 e. The van der Waals surface area contributed by atoms with Gasteiger partial charge in [0.15, 0.2) is 5.65 Å². The second-order valence-electron chi connectivity index (χ2n) is 8.26. The van der Waals surface area contributed by atoms with E-state index in [4.69, 9.17) is 5.73 Å². The van der Waals surface area contributed by atoms with E-state index >= 15 is 0 Å². The summed E-state index contributed by atoms with van der Waals surface area (Å²) in [7, 11) is 0. The van der Waals surface area contributed by atoms with Gasteiger partial charge in [0.1, 0.15) is 0 Å². The molecule has 2 aromatic heterocycles. The van der Waals surface area contributed by atoms with Crippen LogP contribution in [-0.2, 0) is 11.3 Å². The molecular weight excluding hydrogens is 392 g/mol. The summed E-state index contributed by atoms with van der Waals surface area (Å²) in [5.74, 6) is -0.603. The number of nitrogens with one attached hydrogen (secondary N) is 2. The van der Waals surface area contributed by atoms with Gasteiger partial charge in [-0.15, -0.1) is 0 Å². The minimum atomic E-state index is -0.276. The Hall–Kier alpha value is -3.42. The number of fused-ring (bicyclic) bond motifs is 1. The molecule has 2 amide bonds. The first-order valence-corrected chi connectivity index (χ1v) is 10.6. The van der Waals surface area contributed by atoms with Gasteiger partial charge in [0.2, 0.25) is 5.91 Å². The number of anilines is 1. The van der Waals surface area contributed by atoms with Gasteiger partial charge in [-0.1, -0.05) is 29.8 Å². The minimum Gasteiger partial charge on any atom is -0.381 e. The van der Waals surface area contributed by atoms with Crippen LogP contribution in [-0.4, -0.2) is 32.6 Å². The molecule has 1 saturated carbocycles. The monoisotopic (exact) mass is 420 g/mol. The molecule has 0 bridgehead atoms. The highest BCUT2D eigenvalue weighted by atomic mass is 16.2. The summed E-state index contributed by atoms with van der Waals surface area (Å²) in [6.07, 6.45) is 4.64. The predicted octanol–water partition coefficient (Wildman–Crippen LogP) is 2.93. The average Bonchev–Trinajstić information content (AvgIpc) is 3.13. The number of carbonyl (C=O) groups excluding carboxylic acids is 2. The summed E-state index contributed by atoms with van der Waals surface area (Å²) in [4.78, 5) is 29.1. The Kier molecular flexibility index (Phi) is 5.63. The number of nitrogens with zero attached hydrogens (tertiary/aromatic N) is 3. The summed E-state index contributed by atoms with van der Waals surface area (Å²) < 4.78 is 1.80. The van der Waals surface area contributed by atoms with Crippen molar-refractivity contribution in [2.24, 2.45) is 11.7 Å². The normalized spacial score (nSPS) is 18.9. The molecule has 4 N–H and O–H groups in total. The molecule has 162 valence electrons. The van der Waals surface area contributed by atoms with Gasteiger partial charge in [0, 0.05) is 24.7 Å². The van der Waals surface area contributed by atoms with Crippen molar-refractivity contribution in [2.45, 2.75) is 52.2 Å². The molecule has 3 aromatic rings. The predicted molar refractivity (Wildman–Crippen MR) is 120 cm³/mol. The number of amides is 2. The maximum Gasteiger partial charge on any atom is 0.255 e. The van der Waals surface area contributed by atoms with Crippen LogP contribution in [0, 0.1) is 12.8 Å². The number of pyridine rings is 1. The van der Waals surface area contributed by atoms with Crippen LogP contribution >= 0.6 is 0 Å². The van der Waals surface area contributed by atoms with E-state index in [1.54, 1.807) is 17.1 Å². The molecule has 1 aliphatic rings. The van der Waals surface area contributed by atoms with Gasteiger partial charge < -0.3 is 16.4 Å². The third-order valence-electron chi connectivity index (χ3n) is 6.02. The van der Waals surface area contributed by atoms with E-state index in [0.717, 1.165) is 16.6 Å². The van der Waals surface area contributed by atoms with Crippen LogP contribution in [0.25, 0.3) is 11.0 Å². The van der Waals surface area contributed by atoms with Gasteiger partial charge in [-0.25, -0.2) is 9.67 Å². The van der Waals surface area contributed by atoms with E-state index in [9.17, 15) is 9.59 Å². The Balaban J connectivity index is 1.62. The lowest BCUT2D eigenvalue weighted by Gasteiger charge is -2.35. The molecule has 1 fully saturated rings. The Morgan fingerprint density at radius 3 is 2.58 bits per heavy atom. The number of hydrogen-bond donors (Lipinski definition) is 3. The van der Waals surface area contributed by atoms with Gasteiger partial charge in [-0.05, 0) is 39.2 Å². The Bertz CT molecular complexity index is 1120. The summed E-state index contributed by atoms with van der Waals surface area (Å²) in [6, 6.07) is 8.02. The van der Waals surface area contributed by atoms with E-state index in [-0.39, 0.29) is 29.8 Å². The van der Waals surface area contributed by atoms with Gasteiger partial charge in [0.05, 0.1) is 28.9 Å². The molecule has 4 rings (SSSR count). The van der Waals surface area contributed by atoms with E-state index in [0.29, 0.717) is 30.6 Å². The zero-order valence-corrected chi connectivity index (χ0v) is 18.1. The molecule has 8 heteroatoms. The fourth-order valence-electron chi connectivity index (χ4n) is 3.97. The highest BCUT2D eigenvalue weighted by Gasteiger charge is 2.34. The topological polar surface area (TPSA) is 115 Å². The number of rotatable bonds is 7. The van der Waals surface area contributed by atoms with Crippen LogP contribution in [0.2, 0.25) is 0 Å². The van der Waals surface area contributed by atoms with E-state index in [1.165, 1.54) is 5.56 Å². The lowest BCUT2D eigenvalue weighted by molar-refractivity contribution is -0.124. The van der Waals surface area contributed by atoms with Crippen LogP contribution in [0.5, 0.6) is 0 Å². The molecular formula is C23H28N6O2. The van der Waals surface area contributed by atoms with E-state index < -0.39 is 0 Å². The fraction of sp³-hybridized carbons (Fsp3) is 0.391. The number of benzene rings is 1. The highest BCUT2D eigenvalue weighted by Crippen LogP contribution is 2.34. The van der Waals surface area contributed by atoms with Crippen LogP contribution < -0.4 is 16.4 Å². The molecule has 0 unspecified atom stereocenters. The summed E-state index contributed by atoms with van der Waals surface area (Å²) in [6.45, 7) is 6.67. The fourth-order valence-corrected chi connectivity index (χ4v) is 3.97. The van der Waals surface area contributed by atoms with Crippen molar-refractivity contribution in [3.63, 3.8) is 0 Å². The summed E-state index contributed by atoms with van der Waals surface area (Å²) in [5, 5.41) is 11.7. The third-order valence-corrected chi connectivity index (χ3v) is 6.02. The van der Waals surface area contributed by atoms with Crippen LogP contribution in [0.4, 0.5) is 5.69 Å². The van der Waals surface area contributed by atoms with Crippen LogP contribution in [0.1, 0.15) is 54.2 Å².